The number of hydrogen-bond acceptors (Lipinski definition) is 9. The summed E-state index contributed by atoms with van der Waals surface area (Å²) in [6.07, 6.45) is 5.79. The smallest absolute Gasteiger partial charge is 0.320 e. The number of fused-ring (bicyclic) bond motifs is 1. The van der Waals surface area contributed by atoms with E-state index in [2.05, 4.69) is 55.8 Å². The number of anilines is 3. The van der Waals surface area contributed by atoms with Gasteiger partial charge in [-0.05, 0) is 25.1 Å². The van der Waals surface area contributed by atoms with Gasteiger partial charge in [-0.2, -0.15) is 9.97 Å². The third-order valence-electron chi connectivity index (χ3n) is 5.43. The summed E-state index contributed by atoms with van der Waals surface area (Å²) < 4.78 is 5.68. The maximum Gasteiger partial charge on any atom is 0.320 e. The van der Waals surface area contributed by atoms with E-state index < -0.39 is 0 Å². The Bertz CT molecular complexity index is 877. The van der Waals surface area contributed by atoms with Crippen molar-refractivity contribution in [2.75, 3.05) is 61.9 Å². The Morgan fingerprint density at radius 1 is 1.13 bits per heavy atom. The van der Waals surface area contributed by atoms with E-state index in [0.717, 1.165) is 50.4 Å². The Kier molecular flexibility index (Phi) is 6.27. The summed E-state index contributed by atoms with van der Waals surface area (Å²) in [6, 6.07) is 4.55. The van der Waals surface area contributed by atoms with Gasteiger partial charge in [-0.3, -0.25) is 4.99 Å². The van der Waals surface area contributed by atoms with Crippen LogP contribution in [0.5, 0.6) is 6.01 Å². The van der Waals surface area contributed by atoms with Gasteiger partial charge in [-0.15, -0.1) is 0 Å². The van der Waals surface area contributed by atoms with Crippen molar-refractivity contribution in [3.05, 3.63) is 23.9 Å². The van der Waals surface area contributed by atoms with Gasteiger partial charge in [-0.1, -0.05) is 19.4 Å². The lowest BCUT2D eigenvalue weighted by Crippen LogP contribution is -2.44. The van der Waals surface area contributed by atoms with Crippen LogP contribution in [0.25, 0.3) is 0 Å². The van der Waals surface area contributed by atoms with Gasteiger partial charge >= 0.3 is 6.01 Å². The molecule has 1 fully saturated rings. The molecule has 0 bridgehead atoms. The monoisotopic (exact) mass is 410 g/mol. The molecular formula is C21H30N8O. The van der Waals surface area contributed by atoms with E-state index in [9.17, 15) is 0 Å². The van der Waals surface area contributed by atoms with Crippen molar-refractivity contribution < 1.29 is 4.74 Å². The molecule has 2 aliphatic heterocycles. The van der Waals surface area contributed by atoms with E-state index in [0.29, 0.717) is 43.0 Å². The Balaban J connectivity index is 1.47. The average molecular weight is 411 g/mol. The summed E-state index contributed by atoms with van der Waals surface area (Å²) in [5.74, 6) is 2.08. The van der Waals surface area contributed by atoms with E-state index in [-0.39, 0.29) is 0 Å². The van der Waals surface area contributed by atoms with E-state index in [4.69, 9.17) is 15.5 Å². The van der Waals surface area contributed by atoms with Crippen LogP contribution >= 0.6 is 0 Å². The Hall–Kier alpha value is -2.94. The number of likely N-dealkylation sites (N-methyl/N-ethyl adjacent to an activating group) is 1. The largest absolute Gasteiger partial charge is 0.463 e. The molecule has 0 aromatic carbocycles. The molecule has 0 atom stereocenters. The van der Waals surface area contributed by atoms with Crippen molar-refractivity contribution in [1.82, 2.24) is 19.9 Å². The van der Waals surface area contributed by atoms with E-state index in [1.165, 1.54) is 0 Å². The standard InChI is InChI=1S/C21H30N8O/c1-3-4-13-30-21-25-19(22)18-20(26-21)29(8-7-23-18)15-16-5-6-17(24-14-16)28-11-9-27(2)10-12-28/h5-7,14H,3-4,8-13,15H2,1-2H3,(H2,22,25,26). The Morgan fingerprint density at radius 2 is 1.97 bits per heavy atom. The van der Waals surface area contributed by atoms with Gasteiger partial charge in [-0.25, -0.2) is 4.98 Å². The van der Waals surface area contributed by atoms with Crippen LogP contribution in [0.4, 0.5) is 23.1 Å². The first-order chi connectivity index (χ1) is 14.6. The molecule has 0 radical (unpaired) electrons. The van der Waals surface area contributed by atoms with E-state index in [1.54, 1.807) is 0 Å². The van der Waals surface area contributed by atoms with Crippen LogP contribution in [-0.4, -0.2) is 72.4 Å². The third-order valence-corrected chi connectivity index (χ3v) is 5.43. The number of unbranched alkanes of at least 4 members (excludes halogenated alkanes) is 1. The van der Waals surface area contributed by atoms with E-state index >= 15 is 0 Å². The topological polar surface area (TPSA) is 96.0 Å². The number of aromatic nitrogens is 3. The molecule has 30 heavy (non-hydrogen) atoms. The molecule has 2 aliphatic rings. The first-order valence-electron chi connectivity index (χ1n) is 10.6. The van der Waals surface area contributed by atoms with Gasteiger partial charge in [0.2, 0.25) is 0 Å². The van der Waals surface area contributed by atoms with Gasteiger partial charge in [0.25, 0.3) is 0 Å². The van der Waals surface area contributed by atoms with Crippen LogP contribution in [0.1, 0.15) is 25.3 Å². The quantitative estimate of drug-likeness (QED) is 0.694. The molecule has 2 aromatic rings. The van der Waals surface area contributed by atoms with Crippen molar-refractivity contribution in [1.29, 1.82) is 0 Å². The molecule has 2 N–H and O–H groups in total. The van der Waals surface area contributed by atoms with Crippen molar-refractivity contribution in [2.45, 2.75) is 26.3 Å². The number of aliphatic imine (C=N–C) groups is 1. The molecule has 9 heteroatoms. The first-order valence-corrected chi connectivity index (χ1v) is 10.6. The van der Waals surface area contributed by atoms with Crippen LogP contribution in [-0.2, 0) is 6.54 Å². The lowest BCUT2D eigenvalue weighted by Gasteiger charge is -2.33. The highest BCUT2D eigenvalue weighted by molar-refractivity contribution is 5.84. The number of rotatable bonds is 7. The second-order valence-electron chi connectivity index (χ2n) is 7.77. The molecule has 4 heterocycles. The zero-order valence-electron chi connectivity index (χ0n) is 17.8. The highest BCUT2D eigenvalue weighted by Gasteiger charge is 2.22. The molecular weight excluding hydrogens is 380 g/mol. The number of nitrogens with two attached hydrogens (primary N) is 1. The van der Waals surface area contributed by atoms with Gasteiger partial charge in [0.05, 0.1) is 13.2 Å². The fourth-order valence-electron chi connectivity index (χ4n) is 3.57. The summed E-state index contributed by atoms with van der Waals surface area (Å²) in [6.45, 7) is 8.17. The average Bonchev–Trinajstić information content (AvgIpc) is 2.76. The zero-order valence-corrected chi connectivity index (χ0v) is 17.8. The summed E-state index contributed by atoms with van der Waals surface area (Å²) >= 11 is 0. The Labute approximate surface area is 177 Å². The van der Waals surface area contributed by atoms with Crippen LogP contribution in [0, 0.1) is 0 Å². The molecule has 0 unspecified atom stereocenters. The van der Waals surface area contributed by atoms with Gasteiger partial charge < -0.3 is 25.2 Å². The van der Waals surface area contributed by atoms with Crippen molar-refractivity contribution >= 4 is 29.4 Å². The maximum atomic E-state index is 6.12. The number of hydrogen-bond donors (Lipinski definition) is 1. The molecule has 0 saturated carbocycles. The molecule has 160 valence electrons. The minimum absolute atomic E-state index is 0.310. The zero-order chi connectivity index (χ0) is 20.9. The normalized spacial score (nSPS) is 16.6. The Morgan fingerprint density at radius 3 is 2.70 bits per heavy atom. The predicted octanol–water partition coefficient (Wildman–Crippen LogP) is 2.11. The summed E-state index contributed by atoms with van der Waals surface area (Å²) in [7, 11) is 2.16. The second kappa shape index (κ2) is 9.25. The lowest BCUT2D eigenvalue weighted by molar-refractivity contribution is 0.286. The molecule has 0 aliphatic carbocycles. The molecule has 4 rings (SSSR count). The van der Waals surface area contributed by atoms with Crippen LogP contribution in [0.3, 0.4) is 0 Å². The highest BCUT2D eigenvalue weighted by atomic mass is 16.5. The van der Waals surface area contributed by atoms with Gasteiger partial charge in [0.15, 0.2) is 11.6 Å². The number of nitrogens with zero attached hydrogens (tertiary/aromatic N) is 7. The lowest BCUT2D eigenvalue weighted by atomic mass is 10.2. The predicted molar refractivity (Wildman–Crippen MR) is 120 cm³/mol. The number of pyridine rings is 1. The minimum atomic E-state index is 0.310. The van der Waals surface area contributed by atoms with Crippen molar-refractivity contribution in [2.24, 2.45) is 4.99 Å². The van der Waals surface area contributed by atoms with E-state index in [1.807, 2.05) is 12.4 Å². The number of piperazine rings is 1. The number of nitrogen functional groups attached to an aromatic ring is 1. The summed E-state index contributed by atoms with van der Waals surface area (Å²) in [5, 5.41) is 0. The van der Waals surface area contributed by atoms with Crippen LogP contribution in [0.15, 0.2) is 23.3 Å². The fourth-order valence-corrected chi connectivity index (χ4v) is 3.57. The van der Waals surface area contributed by atoms with Crippen molar-refractivity contribution in [3.63, 3.8) is 0 Å². The second-order valence-corrected chi connectivity index (χ2v) is 7.77. The molecule has 9 nitrogen and oxygen atoms in total. The molecule has 0 amide bonds. The maximum absolute atomic E-state index is 6.12. The fraction of sp³-hybridized carbons (Fsp3) is 0.524. The minimum Gasteiger partial charge on any atom is -0.463 e. The highest BCUT2D eigenvalue weighted by Crippen LogP contribution is 2.35. The van der Waals surface area contributed by atoms with Gasteiger partial charge in [0.1, 0.15) is 11.5 Å². The third kappa shape index (κ3) is 4.62. The van der Waals surface area contributed by atoms with Crippen LogP contribution < -0.4 is 20.3 Å². The van der Waals surface area contributed by atoms with Crippen molar-refractivity contribution in [3.8, 4) is 6.01 Å². The number of ether oxygens (including phenoxy) is 1. The first kappa shape index (κ1) is 20.3. The molecule has 2 aromatic heterocycles. The summed E-state index contributed by atoms with van der Waals surface area (Å²) in [4.78, 5) is 24.7. The molecule has 1 saturated heterocycles. The van der Waals surface area contributed by atoms with Crippen LogP contribution in [0.2, 0.25) is 0 Å². The molecule has 0 spiro atoms. The SMILES string of the molecule is CCCCOc1nc(N)c2c(n1)N(Cc1ccc(N3CCN(C)CC3)nc1)CC=N2. The summed E-state index contributed by atoms with van der Waals surface area (Å²) in [5.41, 5.74) is 7.84. The van der Waals surface area contributed by atoms with Gasteiger partial charge in [0, 0.05) is 45.1 Å².